The molecule has 2 amide bonds. The fourth-order valence-electron chi connectivity index (χ4n) is 3.98. The summed E-state index contributed by atoms with van der Waals surface area (Å²) in [5, 5.41) is 28.4. The number of nitrogens with zero attached hydrogens (tertiary/aromatic N) is 3. The predicted octanol–water partition coefficient (Wildman–Crippen LogP) is 2.30. The van der Waals surface area contributed by atoms with Gasteiger partial charge in [0.1, 0.15) is 14.8 Å². The van der Waals surface area contributed by atoms with E-state index in [9.17, 15) is 24.0 Å². The number of aliphatic hydroxyl groups is 1. The largest absolute Gasteiger partial charge is 0.481 e. The molecule has 2 atom stereocenters. The second-order valence-corrected chi connectivity index (χ2v) is 11.2. The molecule has 0 radical (unpaired) electrons. The van der Waals surface area contributed by atoms with Crippen LogP contribution in [0.1, 0.15) is 60.1 Å². The number of rotatable bonds is 4. The Hall–Kier alpha value is -2.41. The van der Waals surface area contributed by atoms with E-state index in [0.717, 1.165) is 29.0 Å². The molecule has 0 fully saturated rings. The summed E-state index contributed by atoms with van der Waals surface area (Å²) in [6, 6.07) is -0.882. The molecule has 0 aliphatic heterocycles. The van der Waals surface area contributed by atoms with Crippen molar-refractivity contribution in [3.63, 3.8) is 0 Å². The molecular formula is C19H23N5O5S2. The SMILES string of the molecule is CC(C)(O)c1ncc(S(N)(=O)=NC(=O)Nc2c3c(nc4c2CC[C@@H]4C(=O)O)CCC3)s1. The number of hydrogen-bond acceptors (Lipinski definition) is 7. The molecule has 0 spiro atoms. The zero-order chi connectivity index (χ0) is 22.6. The Balaban J connectivity index is 1.68. The highest BCUT2D eigenvalue weighted by Gasteiger charge is 2.35. The number of carboxylic acid groups (broad SMARTS) is 1. The number of urea groups is 1. The van der Waals surface area contributed by atoms with Crippen LogP contribution in [0.2, 0.25) is 0 Å². The molecule has 166 valence electrons. The quantitative estimate of drug-likeness (QED) is 0.537. The zero-order valence-electron chi connectivity index (χ0n) is 17.0. The van der Waals surface area contributed by atoms with Crippen LogP contribution in [-0.4, -0.2) is 36.4 Å². The van der Waals surface area contributed by atoms with Gasteiger partial charge in [-0.1, -0.05) is 0 Å². The lowest BCUT2D eigenvalue weighted by molar-refractivity contribution is -0.138. The minimum absolute atomic E-state index is 0.0795. The number of aliphatic carboxylic acids is 1. The van der Waals surface area contributed by atoms with Crippen molar-refractivity contribution in [2.75, 3.05) is 5.32 Å². The number of nitrogens with one attached hydrogen (secondary N) is 1. The minimum atomic E-state index is -3.57. The molecule has 2 aliphatic rings. The van der Waals surface area contributed by atoms with Gasteiger partial charge in [0.05, 0.1) is 23.5 Å². The Morgan fingerprint density at radius 1 is 1.32 bits per heavy atom. The predicted molar refractivity (Wildman–Crippen MR) is 114 cm³/mol. The van der Waals surface area contributed by atoms with E-state index < -0.39 is 33.4 Å². The maximum absolute atomic E-state index is 12.9. The average Bonchev–Trinajstić information content (AvgIpc) is 3.39. The number of pyridine rings is 1. The second kappa shape index (κ2) is 7.62. The maximum atomic E-state index is 12.9. The molecule has 5 N–H and O–H groups in total. The van der Waals surface area contributed by atoms with Gasteiger partial charge in [-0.3, -0.25) is 9.78 Å². The summed E-state index contributed by atoms with van der Waals surface area (Å²) in [7, 11) is -3.57. The van der Waals surface area contributed by atoms with E-state index in [0.29, 0.717) is 47.6 Å². The maximum Gasteiger partial charge on any atom is 0.354 e. The van der Waals surface area contributed by atoms with Crippen LogP contribution in [0.5, 0.6) is 0 Å². The summed E-state index contributed by atoms with van der Waals surface area (Å²) < 4.78 is 16.6. The van der Waals surface area contributed by atoms with E-state index in [4.69, 9.17) is 5.14 Å². The lowest BCUT2D eigenvalue weighted by Gasteiger charge is -2.15. The third-order valence-electron chi connectivity index (χ3n) is 5.41. The zero-order valence-corrected chi connectivity index (χ0v) is 18.7. The van der Waals surface area contributed by atoms with E-state index in [1.54, 1.807) is 0 Å². The van der Waals surface area contributed by atoms with Gasteiger partial charge in [-0.25, -0.2) is 19.1 Å². The van der Waals surface area contributed by atoms with Crippen LogP contribution in [0.15, 0.2) is 14.8 Å². The van der Waals surface area contributed by atoms with Crippen molar-refractivity contribution in [2.45, 2.75) is 61.7 Å². The number of fused-ring (bicyclic) bond motifs is 2. The van der Waals surface area contributed by atoms with Gasteiger partial charge in [-0.05, 0) is 57.1 Å². The lowest BCUT2D eigenvalue weighted by atomic mass is 10.0. The second-order valence-electron chi connectivity index (χ2n) is 8.19. The van der Waals surface area contributed by atoms with Crippen LogP contribution in [0, 0.1) is 0 Å². The van der Waals surface area contributed by atoms with Gasteiger partial charge in [0, 0.05) is 5.69 Å². The standard InChI is InChI=1S/C19H23N5O5S2/c1-19(2,28)17-21-8-13(30-17)31(20,29)24-18(27)23-14-9-4-3-5-12(9)22-15-10(14)6-7-11(15)16(25)26/h8,11,28H,3-7H2,1-2H3,(H,25,26)(H3,20,22,23,24,27,29)/t11-,31?/m0/s1. The van der Waals surface area contributed by atoms with E-state index in [2.05, 4.69) is 19.6 Å². The summed E-state index contributed by atoms with van der Waals surface area (Å²) in [4.78, 5) is 32.9. The van der Waals surface area contributed by atoms with Gasteiger partial charge in [0.25, 0.3) is 0 Å². The van der Waals surface area contributed by atoms with Crippen molar-refractivity contribution >= 4 is 38.9 Å². The van der Waals surface area contributed by atoms with Crippen molar-refractivity contribution in [3.05, 3.63) is 33.7 Å². The number of carbonyl (C=O) groups is 2. The monoisotopic (exact) mass is 465 g/mol. The number of anilines is 1. The molecule has 2 aromatic rings. The van der Waals surface area contributed by atoms with E-state index in [1.807, 2.05) is 0 Å². The fraction of sp³-hybridized carbons (Fsp3) is 0.474. The van der Waals surface area contributed by atoms with Crippen LogP contribution in [0.3, 0.4) is 0 Å². The van der Waals surface area contributed by atoms with Gasteiger partial charge in [0.15, 0.2) is 9.92 Å². The number of amides is 2. The molecule has 2 aliphatic carbocycles. The third-order valence-corrected chi connectivity index (χ3v) is 8.60. The summed E-state index contributed by atoms with van der Waals surface area (Å²) in [6.07, 6.45) is 4.42. The van der Waals surface area contributed by atoms with Gasteiger partial charge in [0.2, 0.25) is 0 Å². The topological polar surface area (TPSA) is 168 Å². The fourth-order valence-corrected chi connectivity index (χ4v) is 6.04. The summed E-state index contributed by atoms with van der Waals surface area (Å²) >= 11 is 0.928. The Bertz CT molecular complexity index is 1210. The Labute approximate surface area is 183 Å². The number of aryl methyl sites for hydroxylation is 1. The van der Waals surface area contributed by atoms with E-state index in [1.165, 1.54) is 20.0 Å². The normalized spacial score (nSPS) is 19.4. The number of aromatic nitrogens is 2. The molecule has 0 saturated carbocycles. The molecule has 2 aromatic heterocycles. The average molecular weight is 466 g/mol. The first kappa shape index (κ1) is 21.8. The van der Waals surface area contributed by atoms with Crippen molar-refractivity contribution < 1.29 is 24.0 Å². The first-order valence-corrected chi connectivity index (χ1v) is 12.2. The van der Waals surface area contributed by atoms with E-state index >= 15 is 0 Å². The highest BCUT2D eigenvalue weighted by Crippen LogP contribution is 2.41. The molecule has 4 rings (SSSR count). The molecule has 0 bridgehead atoms. The highest BCUT2D eigenvalue weighted by atomic mass is 32.2. The Morgan fingerprint density at radius 3 is 2.71 bits per heavy atom. The smallest absolute Gasteiger partial charge is 0.354 e. The van der Waals surface area contributed by atoms with Crippen molar-refractivity contribution in [3.8, 4) is 0 Å². The molecule has 0 aromatic carbocycles. The molecular weight excluding hydrogens is 442 g/mol. The van der Waals surface area contributed by atoms with Gasteiger partial charge < -0.3 is 15.5 Å². The first-order valence-electron chi connectivity index (χ1n) is 9.79. The lowest BCUT2D eigenvalue weighted by Crippen LogP contribution is -2.19. The van der Waals surface area contributed by atoms with Gasteiger partial charge >= 0.3 is 12.0 Å². The van der Waals surface area contributed by atoms with Crippen molar-refractivity contribution in [1.82, 2.24) is 9.97 Å². The number of carbonyl (C=O) groups excluding carboxylic acids is 1. The highest BCUT2D eigenvalue weighted by molar-refractivity contribution is 7.93. The van der Waals surface area contributed by atoms with Crippen LogP contribution >= 0.6 is 11.3 Å². The molecule has 2 heterocycles. The molecule has 10 nitrogen and oxygen atoms in total. The molecule has 12 heteroatoms. The van der Waals surface area contributed by atoms with Crippen LogP contribution < -0.4 is 10.5 Å². The van der Waals surface area contributed by atoms with Crippen LogP contribution in [0.25, 0.3) is 0 Å². The Kier molecular flexibility index (Phi) is 5.36. The van der Waals surface area contributed by atoms with Gasteiger partial charge in [-0.2, -0.15) is 0 Å². The molecule has 31 heavy (non-hydrogen) atoms. The molecule has 0 saturated heterocycles. The number of thiazole rings is 1. The third kappa shape index (κ3) is 4.07. The van der Waals surface area contributed by atoms with Crippen molar-refractivity contribution in [2.24, 2.45) is 9.50 Å². The van der Waals surface area contributed by atoms with Crippen LogP contribution in [-0.2, 0) is 39.6 Å². The van der Waals surface area contributed by atoms with E-state index in [-0.39, 0.29) is 4.21 Å². The minimum Gasteiger partial charge on any atom is -0.481 e. The first-order chi connectivity index (χ1) is 14.5. The summed E-state index contributed by atoms with van der Waals surface area (Å²) in [5.74, 6) is -1.64. The molecule has 1 unspecified atom stereocenters. The number of hydrogen-bond donors (Lipinski definition) is 4. The Morgan fingerprint density at radius 2 is 2.06 bits per heavy atom. The summed E-state index contributed by atoms with van der Waals surface area (Å²) in [6.45, 7) is 3.07. The van der Waals surface area contributed by atoms with Crippen molar-refractivity contribution in [1.29, 1.82) is 0 Å². The number of carboxylic acids is 1. The van der Waals surface area contributed by atoms with Crippen LogP contribution in [0.4, 0.5) is 10.5 Å². The van der Waals surface area contributed by atoms with Gasteiger partial charge in [-0.15, -0.1) is 15.7 Å². The summed E-state index contributed by atoms with van der Waals surface area (Å²) in [5.41, 5.74) is 2.12. The number of nitrogens with two attached hydrogens (primary N) is 1.